The first-order valence-electron chi connectivity index (χ1n) is 8.93. The Bertz CT molecular complexity index is 1080. The Labute approximate surface area is 161 Å². The quantitative estimate of drug-likeness (QED) is 0.504. The van der Waals surface area contributed by atoms with Gasteiger partial charge in [0.1, 0.15) is 11.9 Å². The molecule has 28 heavy (non-hydrogen) atoms. The molecule has 0 unspecified atom stereocenters. The zero-order valence-corrected chi connectivity index (χ0v) is 15.4. The van der Waals surface area contributed by atoms with Gasteiger partial charge in [-0.3, -0.25) is 5.11 Å². The highest BCUT2D eigenvalue weighted by Crippen LogP contribution is 2.45. The van der Waals surface area contributed by atoms with Gasteiger partial charge in [0.2, 0.25) is 11.6 Å². The molecule has 0 N–H and O–H groups in total. The number of nitriles is 1. The summed E-state index contributed by atoms with van der Waals surface area (Å²) < 4.78 is 43.1. The van der Waals surface area contributed by atoms with E-state index in [1.807, 2.05) is 19.1 Å². The maximum atomic E-state index is 14.6. The van der Waals surface area contributed by atoms with Gasteiger partial charge in [-0.1, -0.05) is 44.2 Å². The van der Waals surface area contributed by atoms with Crippen molar-refractivity contribution >= 4 is 0 Å². The molecule has 5 heteroatoms. The molecule has 0 heterocycles. The van der Waals surface area contributed by atoms with Crippen molar-refractivity contribution in [3.05, 3.63) is 76.6 Å². The van der Waals surface area contributed by atoms with Crippen LogP contribution < -0.4 is 0 Å². The third kappa shape index (κ3) is 3.22. The van der Waals surface area contributed by atoms with Gasteiger partial charge in [-0.2, -0.15) is 9.65 Å². The van der Waals surface area contributed by atoms with Crippen LogP contribution in [0.1, 0.15) is 30.5 Å². The summed E-state index contributed by atoms with van der Waals surface area (Å²) in [6, 6.07) is 12.5. The minimum Gasteiger partial charge on any atom is -0.286 e. The summed E-state index contributed by atoms with van der Waals surface area (Å²) in [5.41, 5.74) is 1.71. The summed E-state index contributed by atoms with van der Waals surface area (Å²) in [5, 5.41) is 21.6. The Morgan fingerprint density at radius 2 is 1.50 bits per heavy atom. The lowest BCUT2D eigenvalue weighted by atomic mass is 9.87. The molecule has 0 saturated heterocycles. The van der Waals surface area contributed by atoms with Crippen LogP contribution >= 0.6 is 0 Å². The summed E-state index contributed by atoms with van der Waals surface area (Å²) in [6.07, 6.45) is 0.957. The van der Waals surface area contributed by atoms with Crippen LogP contribution in [0.5, 0.6) is 5.75 Å². The SMILES string of the molecule is CCc1ccc(-c2c(CC)c(F)c(F)c([O])c2-c2ccc(C#N)c(F)c2)cc1. The van der Waals surface area contributed by atoms with Gasteiger partial charge in [-0.05, 0) is 52.8 Å². The number of hydrogen-bond donors (Lipinski definition) is 0. The van der Waals surface area contributed by atoms with Crippen molar-refractivity contribution in [3.63, 3.8) is 0 Å². The Hall–Kier alpha value is -3.26. The number of aryl methyl sites for hydroxylation is 1. The monoisotopic (exact) mass is 380 g/mol. The standard InChI is InChI=1S/C23H17F3NO/c1-3-13-5-7-14(8-6-13)19-17(4-2)21(25)22(26)23(28)20(19)15-9-10-16(12-27)18(24)11-15/h5-11H,3-4H2,1-2H3. The van der Waals surface area contributed by atoms with E-state index in [-0.39, 0.29) is 34.2 Å². The summed E-state index contributed by atoms with van der Waals surface area (Å²) in [7, 11) is 0. The first-order chi connectivity index (χ1) is 13.4. The van der Waals surface area contributed by atoms with Crippen molar-refractivity contribution in [2.24, 2.45) is 0 Å². The van der Waals surface area contributed by atoms with Crippen LogP contribution in [-0.2, 0) is 17.9 Å². The van der Waals surface area contributed by atoms with Crippen LogP contribution in [0.25, 0.3) is 22.3 Å². The Morgan fingerprint density at radius 3 is 2.04 bits per heavy atom. The zero-order chi connectivity index (χ0) is 20.4. The second kappa shape index (κ2) is 7.77. The van der Waals surface area contributed by atoms with Gasteiger partial charge in [-0.25, -0.2) is 8.78 Å². The lowest BCUT2D eigenvalue weighted by Crippen LogP contribution is -2.01. The van der Waals surface area contributed by atoms with E-state index in [4.69, 9.17) is 5.26 Å². The topological polar surface area (TPSA) is 43.7 Å². The molecule has 141 valence electrons. The number of benzene rings is 3. The Kier molecular flexibility index (Phi) is 5.41. The predicted octanol–water partition coefficient (Wildman–Crippen LogP) is 6.58. The van der Waals surface area contributed by atoms with Crippen LogP contribution in [0.3, 0.4) is 0 Å². The number of halogens is 3. The van der Waals surface area contributed by atoms with Crippen molar-refractivity contribution in [1.29, 1.82) is 5.26 Å². The van der Waals surface area contributed by atoms with Gasteiger partial charge in [0.25, 0.3) is 0 Å². The summed E-state index contributed by atoms with van der Waals surface area (Å²) in [5.74, 6) is -4.62. The second-order valence-electron chi connectivity index (χ2n) is 6.40. The molecule has 0 spiro atoms. The Balaban J connectivity index is 2.39. The van der Waals surface area contributed by atoms with Crippen molar-refractivity contribution in [2.75, 3.05) is 0 Å². The van der Waals surface area contributed by atoms with Crippen molar-refractivity contribution in [3.8, 4) is 34.1 Å². The molecule has 0 bridgehead atoms. The minimum atomic E-state index is -1.48. The average Bonchev–Trinajstić information content (AvgIpc) is 2.72. The van der Waals surface area contributed by atoms with Crippen molar-refractivity contribution in [1.82, 2.24) is 0 Å². The number of rotatable bonds is 4. The zero-order valence-electron chi connectivity index (χ0n) is 15.4. The predicted molar refractivity (Wildman–Crippen MR) is 101 cm³/mol. The van der Waals surface area contributed by atoms with Gasteiger partial charge in [0.15, 0.2) is 5.82 Å². The molecule has 3 rings (SSSR count). The van der Waals surface area contributed by atoms with Crippen molar-refractivity contribution in [2.45, 2.75) is 26.7 Å². The molecule has 0 amide bonds. The molecule has 2 nitrogen and oxygen atoms in total. The molecule has 0 aliphatic rings. The molecule has 3 aromatic carbocycles. The van der Waals surface area contributed by atoms with Crippen LogP contribution in [-0.4, -0.2) is 0 Å². The largest absolute Gasteiger partial charge is 0.286 e. The summed E-state index contributed by atoms with van der Waals surface area (Å²) in [6.45, 7) is 3.65. The normalized spacial score (nSPS) is 10.7. The maximum absolute atomic E-state index is 14.6. The third-order valence-corrected chi connectivity index (χ3v) is 4.82. The van der Waals surface area contributed by atoms with E-state index in [0.29, 0.717) is 5.56 Å². The Morgan fingerprint density at radius 1 is 0.857 bits per heavy atom. The van der Waals surface area contributed by atoms with E-state index in [0.717, 1.165) is 18.1 Å². The molecule has 0 fully saturated rings. The summed E-state index contributed by atoms with van der Waals surface area (Å²) >= 11 is 0. The fourth-order valence-electron chi connectivity index (χ4n) is 3.31. The molecule has 0 saturated carbocycles. The van der Waals surface area contributed by atoms with Gasteiger partial charge in [-0.15, -0.1) is 0 Å². The molecule has 3 aromatic rings. The van der Waals surface area contributed by atoms with Gasteiger partial charge in [0, 0.05) is 5.56 Å². The van der Waals surface area contributed by atoms with E-state index >= 15 is 0 Å². The van der Waals surface area contributed by atoms with E-state index in [2.05, 4.69) is 0 Å². The van der Waals surface area contributed by atoms with Crippen LogP contribution in [0.2, 0.25) is 0 Å². The summed E-state index contributed by atoms with van der Waals surface area (Å²) in [4.78, 5) is 0. The minimum absolute atomic E-state index is 0.0566. The van der Waals surface area contributed by atoms with Gasteiger partial charge >= 0.3 is 0 Å². The lowest BCUT2D eigenvalue weighted by molar-refractivity contribution is 0.321. The number of hydrogen-bond acceptors (Lipinski definition) is 1. The van der Waals surface area contributed by atoms with Gasteiger partial charge < -0.3 is 0 Å². The maximum Gasteiger partial charge on any atom is 0.225 e. The average molecular weight is 380 g/mol. The van der Waals surface area contributed by atoms with E-state index in [9.17, 15) is 18.3 Å². The van der Waals surface area contributed by atoms with E-state index in [1.165, 1.54) is 12.1 Å². The molecule has 1 radical (unpaired) electrons. The van der Waals surface area contributed by atoms with Crippen LogP contribution in [0, 0.1) is 28.8 Å². The fraction of sp³-hybridized carbons (Fsp3) is 0.174. The highest BCUT2D eigenvalue weighted by molar-refractivity contribution is 5.90. The molecular weight excluding hydrogens is 363 g/mol. The van der Waals surface area contributed by atoms with Crippen molar-refractivity contribution < 1.29 is 18.3 Å². The van der Waals surface area contributed by atoms with E-state index in [1.54, 1.807) is 25.1 Å². The van der Waals surface area contributed by atoms with Gasteiger partial charge in [0.05, 0.1) is 5.56 Å². The molecule has 0 atom stereocenters. The fourth-order valence-corrected chi connectivity index (χ4v) is 3.31. The van der Waals surface area contributed by atoms with E-state index < -0.39 is 23.2 Å². The molecule has 0 aromatic heterocycles. The highest BCUT2D eigenvalue weighted by atomic mass is 19.2. The first-order valence-corrected chi connectivity index (χ1v) is 8.93. The molecular formula is C23H17F3NO. The highest BCUT2D eigenvalue weighted by Gasteiger charge is 2.27. The van der Waals surface area contributed by atoms with Crippen LogP contribution in [0.4, 0.5) is 13.2 Å². The lowest BCUT2D eigenvalue weighted by Gasteiger charge is -2.18. The first kappa shape index (κ1) is 19.5. The third-order valence-electron chi connectivity index (χ3n) is 4.82. The molecule has 0 aliphatic carbocycles. The van der Waals surface area contributed by atoms with Crippen LogP contribution in [0.15, 0.2) is 42.5 Å². The second-order valence-corrected chi connectivity index (χ2v) is 6.40. The molecule has 0 aliphatic heterocycles. The number of nitrogens with zero attached hydrogens (tertiary/aromatic N) is 1. The smallest absolute Gasteiger partial charge is 0.225 e.